The van der Waals surface area contributed by atoms with Crippen molar-refractivity contribution in [1.82, 2.24) is 15.3 Å². The fourth-order valence-electron chi connectivity index (χ4n) is 2.38. The molecule has 94 valence electrons. The molecular formula is C13H21N3S. The van der Waals surface area contributed by atoms with Crippen molar-refractivity contribution >= 4 is 11.8 Å². The maximum atomic E-state index is 4.20. The van der Waals surface area contributed by atoms with Crippen LogP contribution in [0.15, 0.2) is 23.6 Å². The Labute approximate surface area is 108 Å². The first kappa shape index (κ1) is 12.8. The Hall–Kier alpha value is -0.610. The summed E-state index contributed by atoms with van der Waals surface area (Å²) in [6, 6.07) is 2.59. The summed E-state index contributed by atoms with van der Waals surface area (Å²) in [7, 11) is 0. The maximum absolute atomic E-state index is 4.20. The lowest BCUT2D eigenvalue weighted by Gasteiger charge is -2.27. The lowest BCUT2D eigenvalue weighted by molar-refractivity contribution is 0.306. The van der Waals surface area contributed by atoms with Crippen LogP contribution in [0, 0.1) is 5.92 Å². The van der Waals surface area contributed by atoms with Crippen molar-refractivity contribution in [1.29, 1.82) is 0 Å². The van der Waals surface area contributed by atoms with E-state index >= 15 is 0 Å². The van der Waals surface area contributed by atoms with Crippen LogP contribution in [0.4, 0.5) is 0 Å². The smallest absolute Gasteiger partial charge is 0.187 e. The number of aromatic nitrogens is 2. The zero-order chi connectivity index (χ0) is 11.9. The van der Waals surface area contributed by atoms with Crippen LogP contribution in [0.3, 0.4) is 0 Å². The minimum Gasteiger partial charge on any atom is -0.313 e. The van der Waals surface area contributed by atoms with Crippen LogP contribution >= 0.6 is 11.8 Å². The van der Waals surface area contributed by atoms with Gasteiger partial charge in [0.2, 0.25) is 0 Å². The summed E-state index contributed by atoms with van der Waals surface area (Å²) in [5.74, 6) is 1.95. The molecule has 17 heavy (non-hydrogen) atoms. The highest BCUT2D eigenvalue weighted by molar-refractivity contribution is 7.99. The van der Waals surface area contributed by atoms with E-state index in [9.17, 15) is 0 Å². The SMILES string of the molecule is CC1CCCC(NCCSc2ncccn2)C1. The summed E-state index contributed by atoms with van der Waals surface area (Å²) in [5, 5.41) is 4.53. The summed E-state index contributed by atoms with van der Waals surface area (Å²) in [4.78, 5) is 8.40. The molecule has 0 aliphatic heterocycles. The third-order valence-electron chi connectivity index (χ3n) is 3.24. The minimum atomic E-state index is 0.732. The lowest BCUT2D eigenvalue weighted by Crippen LogP contribution is -2.34. The highest BCUT2D eigenvalue weighted by atomic mass is 32.2. The fraction of sp³-hybridized carbons (Fsp3) is 0.692. The Morgan fingerprint density at radius 1 is 1.35 bits per heavy atom. The van der Waals surface area contributed by atoms with Gasteiger partial charge < -0.3 is 5.32 Å². The standard InChI is InChI=1S/C13H21N3S/c1-11-4-2-5-12(10-11)14-8-9-17-13-15-6-3-7-16-13/h3,6-7,11-12,14H,2,4-5,8-10H2,1H3. The molecule has 2 rings (SSSR count). The van der Waals surface area contributed by atoms with Crippen LogP contribution in [0.2, 0.25) is 0 Å². The number of rotatable bonds is 5. The molecule has 0 aromatic carbocycles. The number of thioether (sulfide) groups is 1. The van der Waals surface area contributed by atoms with Crippen LogP contribution in [0.1, 0.15) is 32.6 Å². The van der Waals surface area contributed by atoms with Gasteiger partial charge in [0, 0.05) is 30.7 Å². The average Bonchev–Trinajstić information content (AvgIpc) is 2.36. The molecule has 4 heteroatoms. The van der Waals surface area contributed by atoms with Crippen LogP contribution in [0.25, 0.3) is 0 Å². The van der Waals surface area contributed by atoms with Gasteiger partial charge in [0.1, 0.15) is 0 Å². The lowest BCUT2D eigenvalue weighted by atomic mass is 9.87. The van der Waals surface area contributed by atoms with Crippen molar-refractivity contribution in [2.24, 2.45) is 5.92 Å². The van der Waals surface area contributed by atoms with Crippen LogP contribution in [-0.2, 0) is 0 Å². The Balaban J connectivity index is 1.60. The van der Waals surface area contributed by atoms with E-state index in [1.165, 1.54) is 25.7 Å². The van der Waals surface area contributed by atoms with Crippen molar-refractivity contribution in [3.63, 3.8) is 0 Å². The monoisotopic (exact) mass is 251 g/mol. The van der Waals surface area contributed by atoms with Crippen molar-refractivity contribution in [3.8, 4) is 0 Å². The molecule has 0 saturated heterocycles. The summed E-state index contributed by atoms with van der Waals surface area (Å²) in [6.07, 6.45) is 9.07. The second-order valence-corrected chi connectivity index (χ2v) is 5.86. The quantitative estimate of drug-likeness (QED) is 0.496. The van der Waals surface area contributed by atoms with Crippen LogP contribution < -0.4 is 5.32 Å². The third kappa shape index (κ3) is 4.64. The van der Waals surface area contributed by atoms with Crippen molar-refractivity contribution in [3.05, 3.63) is 18.5 Å². The number of hydrogen-bond acceptors (Lipinski definition) is 4. The zero-order valence-corrected chi connectivity index (χ0v) is 11.2. The number of nitrogens with one attached hydrogen (secondary N) is 1. The number of hydrogen-bond donors (Lipinski definition) is 1. The van der Waals surface area contributed by atoms with Crippen molar-refractivity contribution in [2.45, 2.75) is 43.8 Å². The first-order valence-corrected chi connectivity index (χ1v) is 7.46. The first-order valence-electron chi connectivity index (χ1n) is 6.48. The predicted octanol–water partition coefficient (Wildman–Crippen LogP) is 2.74. The van der Waals surface area contributed by atoms with E-state index in [0.29, 0.717) is 0 Å². The molecular weight excluding hydrogens is 230 g/mol. The highest BCUT2D eigenvalue weighted by Crippen LogP contribution is 2.23. The van der Waals surface area contributed by atoms with Gasteiger partial charge in [-0.15, -0.1) is 0 Å². The largest absolute Gasteiger partial charge is 0.313 e. The minimum absolute atomic E-state index is 0.732. The number of nitrogens with zero attached hydrogens (tertiary/aromatic N) is 2. The Morgan fingerprint density at radius 3 is 2.94 bits per heavy atom. The molecule has 1 aromatic heterocycles. The molecule has 0 amide bonds. The van der Waals surface area contributed by atoms with E-state index in [-0.39, 0.29) is 0 Å². The molecule has 0 spiro atoms. The summed E-state index contributed by atoms with van der Waals surface area (Å²) < 4.78 is 0. The van der Waals surface area contributed by atoms with E-state index in [1.54, 1.807) is 24.2 Å². The normalized spacial score (nSPS) is 24.8. The van der Waals surface area contributed by atoms with Crippen molar-refractivity contribution < 1.29 is 0 Å². The van der Waals surface area contributed by atoms with Crippen LogP contribution in [0.5, 0.6) is 0 Å². The van der Waals surface area contributed by atoms with Crippen LogP contribution in [-0.4, -0.2) is 28.3 Å². The Kier molecular flexibility index (Phi) is 5.26. The predicted molar refractivity (Wildman–Crippen MR) is 72.2 cm³/mol. The van der Waals surface area contributed by atoms with Gasteiger partial charge in [0.25, 0.3) is 0 Å². The topological polar surface area (TPSA) is 37.8 Å². The molecule has 0 bridgehead atoms. The fourth-order valence-corrected chi connectivity index (χ4v) is 3.06. The Bertz CT molecular complexity index is 318. The Morgan fingerprint density at radius 2 is 2.18 bits per heavy atom. The van der Waals surface area contributed by atoms with Gasteiger partial charge in [0.15, 0.2) is 5.16 Å². The van der Waals surface area contributed by atoms with E-state index in [2.05, 4.69) is 22.2 Å². The van der Waals surface area contributed by atoms with Gasteiger partial charge in [0.05, 0.1) is 0 Å². The van der Waals surface area contributed by atoms with E-state index in [4.69, 9.17) is 0 Å². The van der Waals surface area contributed by atoms with E-state index < -0.39 is 0 Å². The summed E-state index contributed by atoms with van der Waals surface area (Å²) >= 11 is 1.73. The second kappa shape index (κ2) is 6.97. The van der Waals surface area contributed by atoms with E-state index in [0.717, 1.165) is 29.4 Å². The van der Waals surface area contributed by atoms with Gasteiger partial charge in [-0.05, 0) is 24.8 Å². The highest BCUT2D eigenvalue weighted by Gasteiger charge is 2.17. The molecule has 1 N–H and O–H groups in total. The second-order valence-electron chi connectivity index (χ2n) is 4.80. The average molecular weight is 251 g/mol. The van der Waals surface area contributed by atoms with Gasteiger partial charge in [-0.1, -0.05) is 31.5 Å². The molecule has 1 heterocycles. The molecule has 2 unspecified atom stereocenters. The zero-order valence-electron chi connectivity index (χ0n) is 10.4. The van der Waals surface area contributed by atoms with Gasteiger partial charge >= 0.3 is 0 Å². The summed E-state index contributed by atoms with van der Waals surface area (Å²) in [6.45, 7) is 3.42. The molecule has 0 radical (unpaired) electrons. The molecule has 3 nitrogen and oxygen atoms in total. The molecule has 1 saturated carbocycles. The maximum Gasteiger partial charge on any atom is 0.187 e. The van der Waals surface area contributed by atoms with Gasteiger partial charge in [-0.2, -0.15) is 0 Å². The first-order chi connectivity index (χ1) is 8.34. The third-order valence-corrected chi connectivity index (χ3v) is 4.12. The van der Waals surface area contributed by atoms with Gasteiger partial charge in [-0.25, -0.2) is 9.97 Å². The molecule has 1 aliphatic carbocycles. The molecule has 1 aromatic rings. The van der Waals surface area contributed by atoms with Gasteiger partial charge in [-0.3, -0.25) is 0 Å². The summed E-state index contributed by atoms with van der Waals surface area (Å²) in [5.41, 5.74) is 0. The van der Waals surface area contributed by atoms with Crippen molar-refractivity contribution in [2.75, 3.05) is 12.3 Å². The molecule has 1 fully saturated rings. The van der Waals surface area contributed by atoms with E-state index in [1.807, 2.05) is 6.07 Å². The molecule has 2 atom stereocenters. The molecule has 1 aliphatic rings.